The number of fused-ring (bicyclic) bond motifs is 8. The molecule has 0 aliphatic carbocycles. The molecule has 0 unspecified atom stereocenters. The van der Waals surface area contributed by atoms with E-state index >= 15 is 0 Å². The van der Waals surface area contributed by atoms with Gasteiger partial charge in [-0.1, -0.05) is 104 Å². The fourth-order valence-electron chi connectivity index (χ4n) is 7.35. The van der Waals surface area contributed by atoms with E-state index < -0.39 is 8.07 Å². The van der Waals surface area contributed by atoms with Crippen LogP contribution in [0, 0.1) is 0 Å². The van der Waals surface area contributed by atoms with Crippen LogP contribution in [-0.4, -0.2) is 22.2 Å². The van der Waals surface area contributed by atoms with Gasteiger partial charge in [-0.25, -0.2) is 4.98 Å². The molecule has 0 atom stereocenters. The van der Waals surface area contributed by atoms with Crippen molar-refractivity contribution in [2.75, 3.05) is 0 Å². The Morgan fingerprint density at radius 1 is 0.512 bits per heavy atom. The van der Waals surface area contributed by atoms with E-state index in [1.165, 1.54) is 32.9 Å². The first-order valence-electron chi connectivity index (χ1n) is 14.9. The molecular formula is C39H29N3Si. The van der Waals surface area contributed by atoms with Gasteiger partial charge in [-0.05, 0) is 70.0 Å². The standard InChI is InChI=1S/C39H29N3Si/c1-43(2)35-19-11-7-15-30(35)38-36(43)25-24-34-37(38)29-14-6-9-17-32(29)41(34)27-20-22-28(23-21-27)42-33-18-10-8-16-31(33)40-39(42)26-12-4-3-5-13-26/h3-25H,1-2H3. The smallest absolute Gasteiger partial charge is 0.145 e. The van der Waals surface area contributed by atoms with Crippen molar-refractivity contribution in [1.82, 2.24) is 14.1 Å². The van der Waals surface area contributed by atoms with Gasteiger partial charge in [0.1, 0.15) is 13.9 Å². The van der Waals surface area contributed by atoms with E-state index in [1.54, 1.807) is 10.4 Å². The Bertz CT molecular complexity index is 2360. The summed E-state index contributed by atoms with van der Waals surface area (Å²) in [5, 5.41) is 5.77. The predicted octanol–water partition coefficient (Wildman–Crippen LogP) is 8.59. The van der Waals surface area contributed by atoms with Crippen LogP contribution >= 0.6 is 0 Å². The van der Waals surface area contributed by atoms with Crippen molar-refractivity contribution in [3.63, 3.8) is 0 Å². The molecule has 0 saturated carbocycles. The predicted molar refractivity (Wildman–Crippen MR) is 183 cm³/mol. The summed E-state index contributed by atoms with van der Waals surface area (Å²) >= 11 is 0. The molecule has 204 valence electrons. The second kappa shape index (κ2) is 8.90. The van der Waals surface area contributed by atoms with Gasteiger partial charge in [0.25, 0.3) is 0 Å². The van der Waals surface area contributed by atoms with Gasteiger partial charge >= 0.3 is 0 Å². The summed E-state index contributed by atoms with van der Waals surface area (Å²) in [4.78, 5) is 5.04. The minimum Gasteiger partial charge on any atom is -0.309 e. The van der Waals surface area contributed by atoms with Crippen LogP contribution in [0.5, 0.6) is 0 Å². The fraction of sp³-hybridized carbons (Fsp3) is 0.0513. The summed E-state index contributed by atoms with van der Waals surface area (Å²) in [5.74, 6) is 0.951. The van der Waals surface area contributed by atoms with E-state index in [-0.39, 0.29) is 0 Å². The first-order valence-corrected chi connectivity index (χ1v) is 17.9. The number of imidazole rings is 1. The number of benzene rings is 6. The molecule has 0 bridgehead atoms. The molecule has 0 spiro atoms. The number of nitrogens with zero attached hydrogens (tertiary/aromatic N) is 3. The second-order valence-corrected chi connectivity index (χ2v) is 16.4. The molecule has 1 aliphatic rings. The Balaban J connectivity index is 1.27. The quantitative estimate of drug-likeness (QED) is 0.196. The van der Waals surface area contributed by atoms with Gasteiger partial charge < -0.3 is 4.57 Å². The van der Waals surface area contributed by atoms with Crippen LogP contribution in [0.15, 0.2) is 140 Å². The molecule has 9 rings (SSSR count). The zero-order chi connectivity index (χ0) is 28.7. The molecule has 0 fully saturated rings. The van der Waals surface area contributed by atoms with E-state index in [4.69, 9.17) is 4.98 Å². The van der Waals surface area contributed by atoms with Crippen LogP contribution in [0.4, 0.5) is 0 Å². The Labute approximate surface area is 251 Å². The van der Waals surface area contributed by atoms with Gasteiger partial charge in [-0.15, -0.1) is 0 Å². The normalized spacial score (nSPS) is 13.5. The Morgan fingerprint density at radius 3 is 1.98 bits per heavy atom. The van der Waals surface area contributed by atoms with Gasteiger partial charge in [0.05, 0.1) is 22.1 Å². The highest BCUT2D eigenvalue weighted by Crippen LogP contribution is 2.41. The van der Waals surface area contributed by atoms with Crippen molar-refractivity contribution >= 4 is 51.3 Å². The third-order valence-electron chi connectivity index (χ3n) is 9.34. The van der Waals surface area contributed by atoms with Gasteiger partial charge in [-0.3, -0.25) is 4.57 Å². The van der Waals surface area contributed by atoms with Gasteiger partial charge in [0.15, 0.2) is 0 Å². The molecule has 3 nitrogen and oxygen atoms in total. The summed E-state index contributed by atoms with van der Waals surface area (Å²) in [6, 6.07) is 50.5. The highest BCUT2D eigenvalue weighted by molar-refractivity contribution is 7.04. The lowest BCUT2D eigenvalue weighted by Gasteiger charge is -2.18. The topological polar surface area (TPSA) is 22.8 Å². The highest BCUT2D eigenvalue weighted by atomic mass is 28.3. The first-order chi connectivity index (χ1) is 21.1. The van der Waals surface area contributed by atoms with E-state index in [1.807, 2.05) is 6.07 Å². The zero-order valence-corrected chi connectivity index (χ0v) is 25.1. The monoisotopic (exact) mass is 567 g/mol. The molecule has 43 heavy (non-hydrogen) atoms. The van der Waals surface area contributed by atoms with Crippen molar-refractivity contribution in [2.24, 2.45) is 0 Å². The van der Waals surface area contributed by atoms with Crippen molar-refractivity contribution in [3.05, 3.63) is 140 Å². The maximum absolute atomic E-state index is 5.04. The molecule has 1 aliphatic heterocycles. The summed E-state index contributed by atoms with van der Waals surface area (Å²) in [5.41, 5.74) is 10.8. The Kier molecular flexibility index (Phi) is 5.05. The highest BCUT2D eigenvalue weighted by Gasteiger charge is 2.38. The van der Waals surface area contributed by atoms with Crippen LogP contribution in [0.1, 0.15) is 0 Å². The molecule has 0 radical (unpaired) electrons. The lowest BCUT2D eigenvalue weighted by Crippen LogP contribution is -2.49. The lowest BCUT2D eigenvalue weighted by atomic mass is 9.99. The third-order valence-corrected chi connectivity index (χ3v) is 12.9. The molecular weight excluding hydrogens is 539 g/mol. The molecule has 3 heterocycles. The van der Waals surface area contributed by atoms with E-state index in [2.05, 4.69) is 156 Å². The van der Waals surface area contributed by atoms with Crippen LogP contribution in [0.3, 0.4) is 0 Å². The third kappa shape index (κ3) is 3.38. The van der Waals surface area contributed by atoms with Crippen LogP contribution in [0.25, 0.3) is 66.7 Å². The summed E-state index contributed by atoms with van der Waals surface area (Å²) in [7, 11) is -1.77. The number of rotatable bonds is 3. The molecule has 6 aromatic carbocycles. The number of para-hydroxylation sites is 3. The maximum Gasteiger partial charge on any atom is 0.145 e. The summed E-state index contributed by atoms with van der Waals surface area (Å²) < 4.78 is 4.71. The van der Waals surface area contributed by atoms with Gasteiger partial charge in [0, 0.05) is 27.7 Å². The summed E-state index contributed by atoms with van der Waals surface area (Å²) in [6.07, 6.45) is 0. The molecule has 2 aromatic heterocycles. The SMILES string of the molecule is C[Si]1(C)c2ccccc2-c2c1ccc1c2c2ccccc2n1-c1ccc(-n2c(-c3ccccc3)nc3ccccc32)cc1. The number of hydrogen-bond acceptors (Lipinski definition) is 1. The Morgan fingerprint density at radius 2 is 1.16 bits per heavy atom. The number of aromatic nitrogens is 3. The van der Waals surface area contributed by atoms with Crippen molar-refractivity contribution in [2.45, 2.75) is 13.1 Å². The van der Waals surface area contributed by atoms with Crippen LogP contribution in [-0.2, 0) is 0 Å². The average Bonchev–Trinajstić information content (AvgIpc) is 3.68. The van der Waals surface area contributed by atoms with E-state index in [9.17, 15) is 0 Å². The van der Waals surface area contributed by atoms with Gasteiger partial charge in [0.2, 0.25) is 0 Å². The molecule has 0 N–H and O–H groups in total. The zero-order valence-electron chi connectivity index (χ0n) is 24.1. The Hall–Kier alpha value is -5.19. The fourth-order valence-corrected chi connectivity index (χ4v) is 10.4. The second-order valence-electron chi connectivity index (χ2n) is 12.0. The molecule has 8 aromatic rings. The van der Waals surface area contributed by atoms with Crippen molar-refractivity contribution in [1.29, 1.82) is 0 Å². The van der Waals surface area contributed by atoms with Crippen LogP contribution in [0.2, 0.25) is 13.1 Å². The molecule has 0 amide bonds. The first kappa shape index (κ1) is 24.4. The molecule has 4 heteroatoms. The van der Waals surface area contributed by atoms with Gasteiger partial charge in [-0.2, -0.15) is 0 Å². The van der Waals surface area contributed by atoms with Crippen molar-refractivity contribution in [3.8, 4) is 33.9 Å². The van der Waals surface area contributed by atoms with E-state index in [0.717, 1.165) is 33.8 Å². The average molecular weight is 568 g/mol. The summed E-state index contributed by atoms with van der Waals surface area (Å²) in [6.45, 7) is 4.98. The lowest BCUT2D eigenvalue weighted by molar-refractivity contribution is 1.09. The minimum absolute atomic E-state index is 0.951. The van der Waals surface area contributed by atoms with Crippen LogP contribution < -0.4 is 10.4 Å². The molecule has 0 saturated heterocycles. The van der Waals surface area contributed by atoms with Crippen molar-refractivity contribution < 1.29 is 0 Å². The minimum atomic E-state index is -1.77. The number of hydrogen-bond donors (Lipinski definition) is 0. The largest absolute Gasteiger partial charge is 0.309 e. The maximum atomic E-state index is 5.04. The van der Waals surface area contributed by atoms with E-state index in [0.29, 0.717) is 0 Å².